The summed E-state index contributed by atoms with van der Waals surface area (Å²) in [6.07, 6.45) is 0.763. The number of para-hydroxylation sites is 1. The Hall–Kier alpha value is -3.12. The largest absolute Gasteiger partial charge is 0.493 e. The normalized spacial score (nSPS) is 17.2. The molecule has 32 heavy (non-hydrogen) atoms. The number of rotatable bonds is 8. The lowest BCUT2D eigenvalue weighted by atomic mass is 9.86. The van der Waals surface area contributed by atoms with Crippen LogP contribution in [-0.2, 0) is 4.79 Å². The van der Waals surface area contributed by atoms with Gasteiger partial charge in [-0.2, -0.15) is 0 Å². The summed E-state index contributed by atoms with van der Waals surface area (Å²) < 4.78 is 16.6. The molecule has 1 aliphatic rings. The Labute approximate surface area is 193 Å². The molecular formula is C26H27NO4S. The van der Waals surface area contributed by atoms with Crippen LogP contribution in [0.1, 0.15) is 23.5 Å². The molecule has 0 saturated heterocycles. The highest BCUT2D eigenvalue weighted by atomic mass is 32.2. The van der Waals surface area contributed by atoms with Crippen molar-refractivity contribution in [3.05, 3.63) is 83.9 Å². The summed E-state index contributed by atoms with van der Waals surface area (Å²) in [7, 11) is 3.18. The topological polar surface area (TPSA) is 56.8 Å². The van der Waals surface area contributed by atoms with Crippen LogP contribution in [0.2, 0.25) is 0 Å². The first-order valence-corrected chi connectivity index (χ1v) is 11.5. The van der Waals surface area contributed by atoms with Gasteiger partial charge in [-0.15, -0.1) is 11.8 Å². The fourth-order valence-electron chi connectivity index (χ4n) is 3.98. The van der Waals surface area contributed by atoms with E-state index in [9.17, 15) is 4.79 Å². The van der Waals surface area contributed by atoms with Gasteiger partial charge >= 0.3 is 0 Å². The van der Waals surface area contributed by atoms with E-state index in [1.54, 1.807) is 26.0 Å². The van der Waals surface area contributed by atoms with Crippen LogP contribution >= 0.6 is 11.8 Å². The second kappa shape index (κ2) is 10.5. The summed E-state index contributed by atoms with van der Waals surface area (Å²) in [6.45, 7) is 0.716. The molecule has 4 rings (SSSR count). The first kappa shape index (κ1) is 22.1. The molecule has 3 aromatic carbocycles. The molecule has 5 nitrogen and oxygen atoms in total. The first-order valence-electron chi connectivity index (χ1n) is 10.6. The van der Waals surface area contributed by atoms with Gasteiger partial charge in [-0.3, -0.25) is 4.79 Å². The van der Waals surface area contributed by atoms with E-state index in [0.717, 1.165) is 6.42 Å². The fraction of sp³-hybridized carbons (Fsp3) is 0.269. The number of thioether (sulfide) groups is 1. The van der Waals surface area contributed by atoms with E-state index in [1.807, 2.05) is 30.3 Å². The van der Waals surface area contributed by atoms with Crippen LogP contribution in [0.5, 0.6) is 17.2 Å². The van der Waals surface area contributed by atoms with E-state index in [4.69, 9.17) is 14.2 Å². The Balaban J connectivity index is 1.39. The molecule has 3 aromatic rings. The van der Waals surface area contributed by atoms with Crippen molar-refractivity contribution < 1.29 is 19.0 Å². The van der Waals surface area contributed by atoms with Gasteiger partial charge in [0, 0.05) is 10.8 Å². The highest BCUT2D eigenvalue weighted by Gasteiger charge is 2.32. The van der Waals surface area contributed by atoms with Crippen molar-refractivity contribution in [3.8, 4) is 17.2 Å². The second-order valence-corrected chi connectivity index (χ2v) is 8.72. The lowest BCUT2D eigenvalue weighted by Gasteiger charge is -2.30. The zero-order valence-electron chi connectivity index (χ0n) is 18.2. The average Bonchev–Trinajstić information content (AvgIpc) is 2.86. The summed E-state index contributed by atoms with van der Waals surface area (Å²) in [5.41, 5.74) is 2.53. The van der Waals surface area contributed by atoms with Gasteiger partial charge in [0.05, 0.1) is 26.0 Å². The van der Waals surface area contributed by atoms with Gasteiger partial charge in [0.25, 0.3) is 0 Å². The molecule has 0 bridgehead atoms. The van der Waals surface area contributed by atoms with Gasteiger partial charge in [0.1, 0.15) is 6.61 Å². The monoisotopic (exact) mass is 449 g/mol. The van der Waals surface area contributed by atoms with E-state index >= 15 is 0 Å². The van der Waals surface area contributed by atoms with Crippen molar-refractivity contribution in [2.75, 3.05) is 27.4 Å². The Morgan fingerprint density at radius 1 is 0.938 bits per heavy atom. The van der Waals surface area contributed by atoms with Crippen molar-refractivity contribution in [3.63, 3.8) is 0 Å². The maximum absolute atomic E-state index is 13.0. The predicted molar refractivity (Wildman–Crippen MR) is 127 cm³/mol. The maximum Gasteiger partial charge on any atom is 0.233 e. The first-order chi connectivity index (χ1) is 15.7. The smallest absolute Gasteiger partial charge is 0.233 e. The number of carbonyl (C=O) groups is 1. The Bertz CT molecular complexity index is 1030. The molecule has 1 N–H and O–H groups in total. The van der Waals surface area contributed by atoms with Crippen molar-refractivity contribution in [2.24, 2.45) is 0 Å². The van der Waals surface area contributed by atoms with Crippen molar-refractivity contribution in [2.45, 2.75) is 22.5 Å². The molecule has 1 aliphatic heterocycles. The van der Waals surface area contributed by atoms with Gasteiger partial charge in [-0.05, 0) is 35.7 Å². The van der Waals surface area contributed by atoms with Gasteiger partial charge in [0.2, 0.25) is 11.7 Å². The van der Waals surface area contributed by atoms with Crippen molar-refractivity contribution in [1.29, 1.82) is 0 Å². The second-order valence-electron chi connectivity index (χ2n) is 7.47. The van der Waals surface area contributed by atoms with E-state index in [2.05, 4.69) is 47.8 Å². The van der Waals surface area contributed by atoms with Crippen LogP contribution in [0, 0.1) is 0 Å². The molecule has 1 heterocycles. The number of hydrogen-bond acceptors (Lipinski definition) is 5. The average molecular weight is 450 g/mol. The number of fused-ring (bicyclic) bond motifs is 1. The van der Waals surface area contributed by atoms with Crippen molar-refractivity contribution >= 4 is 17.7 Å². The molecule has 166 valence electrons. The third-order valence-corrected chi connectivity index (χ3v) is 6.85. The molecule has 0 spiro atoms. The Morgan fingerprint density at radius 3 is 2.34 bits per heavy atom. The SMILES string of the molecule is COc1cccc(OC)c1OCCNC(=O)[C@H]1C[C@H](c2ccccc2)c2ccccc2S1. The molecule has 0 aromatic heterocycles. The standard InChI is InChI=1S/C26H27NO4S/c1-29-21-12-8-13-22(30-2)25(21)31-16-15-27-26(28)24-17-20(18-9-4-3-5-10-18)19-11-6-7-14-23(19)32-24/h3-14,20,24H,15-17H2,1-2H3,(H,27,28)/t20-,24-/m1/s1. The van der Waals surface area contributed by atoms with E-state index in [1.165, 1.54) is 16.0 Å². The van der Waals surface area contributed by atoms with Gasteiger partial charge < -0.3 is 19.5 Å². The summed E-state index contributed by atoms with van der Waals surface area (Å²) in [4.78, 5) is 14.2. The third kappa shape index (κ3) is 4.86. The van der Waals surface area contributed by atoms with E-state index < -0.39 is 0 Å². The quantitative estimate of drug-likeness (QED) is 0.496. The number of nitrogens with one attached hydrogen (secondary N) is 1. The Kier molecular flexibility index (Phi) is 7.22. The molecular weight excluding hydrogens is 422 g/mol. The molecule has 0 saturated carbocycles. The predicted octanol–water partition coefficient (Wildman–Crippen LogP) is 4.90. The summed E-state index contributed by atoms with van der Waals surface area (Å²) in [5.74, 6) is 1.97. The van der Waals surface area contributed by atoms with Gasteiger partial charge in [-0.25, -0.2) is 0 Å². The zero-order chi connectivity index (χ0) is 22.3. The van der Waals surface area contributed by atoms with Gasteiger partial charge in [-0.1, -0.05) is 54.6 Å². The molecule has 2 atom stereocenters. The van der Waals surface area contributed by atoms with E-state index in [-0.39, 0.29) is 17.1 Å². The number of ether oxygens (including phenoxy) is 3. The lowest BCUT2D eigenvalue weighted by molar-refractivity contribution is -0.120. The highest BCUT2D eigenvalue weighted by Crippen LogP contribution is 2.44. The number of benzene rings is 3. The molecule has 6 heteroatoms. The van der Waals surface area contributed by atoms with Crippen LogP contribution in [-0.4, -0.2) is 38.5 Å². The zero-order valence-corrected chi connectivity index (χ0v) is 19.1. The lowest BCUT2D eigenvalue weighted by Crippen LogP contribution is -2.37. The molecule has 1 amide bonds. The fourth-order valence-corrected chi connectivity index (χ4v) is 5.27. The van der Waals surface area contributed by atoms with Crippen LogP contribution in [0.25, 0.3) is 0 Å². The minimum atomic E-state index is -0.157. The van der Waals surface area contributed by atoms with E-state index in [0.29, 0.717) is 30.4 Å². The van der Waals surface area contributed by atoms with Crippen LogP contribution in [0.15, 0.2) is 77.7 Å². The van der Waals surface area contributed by atoms with Gasteiger partial charge in [0.15, 0.2) is 11.5 Å². The minimum Gasteiger partial charge on any atom is -0.493 e. The number of amides is 1. The number of methoxy groups -OCH3 is 2. The number of hydrogen-bond donors (Lipinski definition) is 1. The van der Waals surface area contributed by atoms with Crippen LogP contribution < -0.4 is 19.5 Å². The maximum atomic E-state index is 13.0. The molecule has 0 aliphatic carbocycles. The number of carbonyl (C=O) groups excluding carboxylic acids is 1. The molecule has 0 radical (unpaired) electrons. The summed E-state index contributed by atoms with van der Waals surface area (Å²) in [5, 5.41) is 2.88. The van der Waals surface area contributed by atoms with Crippen LogP contribution in [0.4, 0.5) is 0 Å². The van der Waals surface area contributed by atoms with Crippen molar-refractivity contribution in [1.82, 2.24) is 5.32 Å². The van der Waals surface area contributed by atoms with Crippen LogP contribution in [0.3, 0.4) is 0 Å². The summed E-state index contributed by atoms with van der Waals surface area (Å²) >= 11 is 1.64. The highest BCUT2D eigenvalue weighted by molar-refractivity contribution is 8.00. The molecule has 0 unspecified atom stereocenters. The third-order valence-electron chi connectivity index (χ3n) is 5.54. The Morgan fingerprint density at radius 2 is 1.62 bits per heavy atom. The summed E-state index contributed by atoms with van der Waals surface area (Å²) in [6, 6.07) is 24.3. The molecule has 0 fully saturated rings. The minimum absolute atomic E-state index is 0.0287.